The summed E-state index contributed by atoms with van der Waals surface area (Å²) in [6.07, 6.45) is 5.37. The third kappa shape index (κ3) is 5.21. The predicted octanol–water partition coefficient (Wildman–Crippen LogP) is 1.97. The monoisotopic (exact) mass is 379 g/mol. The van der Waals surface area contributed by atoms with Crippen LogP contribution in [0.1, 0.15) is 10.4 Å². The van der Waals surface area contributed by atoms with Crippen LogP contribution in [0, 0.1) is 0 Å². The van der Waals surface area contributed by atoms with Gasteiger partial charge in [-0.3, -0.25) is 0 Å². The molecular weight excluding hydrogens is 358 g/mol. The van der Waals surface area contributed by atoms with Gasteiger partial charge in [0.1, 0.15) is 17.0 Å². The van der Waals surface area contributed by atoms with Crippen LogP contribution in [0.2, 0.25) is 0 Å². The zero-order valence-electron chi connectivity index (χ0n) is 14.8. The van der Waals surface area contributed by atoms with E-state index in [0.29, 0.717) is 0 Å². The fraction of sp³-hybridized carbons (Fsp3) is 0.176. The number of nitrogen functional groups attached to an aromatic ring is 1. The Hall–Kier alpha value is -3.07. The third-order valence-electron chi connectivity index (χ3n) is 2.90. The molecule has 8 nitrogen and oxygen atoms in total. The lowest BCUT2D eigenvalue weighted by Crippen LogP contribution is -2.12. The van der Waals surface area contributed by atoms with Crippen molar-refractivity contribution >= 4 is 28.0 Å². The number of benzene rings is 1. The quantitative estimate of drug-likeness (QED) is 0.183. The molecule has 0 heterocycles. The van der Waals surface area contributed by atoms with Gasteiger partial charge in [-0.25, -0.2) is 4.79 Å². The second-order valence-electron chi connectivity index (χ2n) is 5.15. The highest BCUT2D eigenvalue weighted by Crippen LogP contribution is 2.35. The van der Waals surface area contributed by atoms with E-state index in [4.69, 9.17) is 10.5 Å². The standard InChI is InChI=1S/C17H21N3O5S/c1-6-8-13(7-2)25-16-14(18)9-12(17(21)24-5)10-15(16)26(22,23)19-11-20(3)4/h6-11H,1-2,18H2,3-5H3/b13-8+,19-11-. The molecule has 0 saturated heterocycles. The number of anilines is 1. The molecule has 0 spiro atoms. The SMILES string of the molecule is C=C/C=C(\C=C)Oc1c(N)cc(C(=O)OC)cc1S(=O)(=O)/N=C\N(C)C. The van der Waals surface area contributed by atoms with Gasteiger partial charge < -0.3 is 20.1 Å². The number of hydrogen-bond acceptors (Lipinski definition) is 6. The number of carbonyl (C=O) groups excluding carboxylic acids is 1. The van der Waals surface area contributed by atoms with E-state index in [0.717, 1.165) is 12.4 Å². The number of rotatable bonds is 8. The number of nitrogens with two attached hydrogens (primary N) is 1. The van der Waals surface area contributed by atoms with Gasteiger partial charge in [-0.2, -0.15) is 8.42 Å². The Morgan fingerprint density at radius 1 is 1.31 bits per heavy atom. The van der Waals surface area contributed by atoms with Gasteiger partial charge in [-0.1, -0.05) is 19.2 Å². The minimum atomic E-state index is -4.21. The molecule has 26 heavy (non-hydrogen) atoms. The van der Waals surface area contributed by atoms with Crippen LogP contribution in [0.5, 0.6) is 5.75 Å². The number of hydrogen-bond donors (Lipinski definition) is 1. The summed E-state index contributed by atoms with van der Waals surface area (Å²) < 4.78 is 39.0. The second kappa shape index (κ2) is 8.86. The van der Waals surface area contributed by atoms with Crippen molar-refractivity contribution in [1.29, 1.82) is 0 Å². The first-order valence-electron chi connectivity index (χ1n) is 7.28. The normalized spacial score (nSPS) is 11.9. The molecular formula is C17H21N3O5S. The molecule has 0 aliphatic carbocycles. The van der Waals surface area contributed by atoms with Crippen LogP contribution in [0.4, 0.5) is 5.69 Å². The minimum Gasteiger partial charge on any atom is -0.465 e. The molecule has 1 rings (SSSR count). The highest BCUT2D eigenvalue weighted by molar-refractivity contribution is 7.90. The van der Waals surface area contributed by atoms with Crippen LogP contribution < -0.4 is 10.5 Å². The van der Waals surface area contributed by atoms with Gasteiger partial charge in [-0.15, -0.1) is 4.40 Å². The van der Waals surface area contributed by atoms with Crippen LogP contribution in [0.15, 0.2) is 58.6 Å². The zero-order valence-corrected chi connectivity index (χ0v) is 15.6. The van der Waals surface area contributed by atoms with E-state index in [-0.39, 0.29) is 27.7 Å². The van der Waals surface area contributed by atoms with Crippen LogP contribution in [-0.2, 0) is 14.8 Å². The summed E-state index contributed by atoms with van der Waals surface area (Å²) >= 11 is 0. The Kier molecular flexibility index (Phi) is 7.15. The summed E-state index contributed by atoms with van der Waals surface area (Å²) in [5.74, 6) is -0.714. The van der Waals surface area contributed by atoms with Crippen molar-refractivity contribution in [3.8, 4) is 5.75 Å². The molecule has 9 heteroatoms. The molecule has 0 fully saturated rings. The van der Waals surface area contributed by atoms with Gasteiger partial charge in [-0.05, 0) is 24.3 Å². The molecule has 0 saturated carbocycles. The lowest BCUT2D eigenvalue weighted by molar-refractivity contribution is 0.0600. The molecule has 1 aromatic carbocycles. The van der Waals surface area contributed by atoms with Crippen molar-refractivity contribution in [2.24, 2.45) is 4.40 Å². The number of ether oxygens (including phenoxy) is 2. The lowest BCUT2D eigenvalue weighted by atomic mass is 10.2. The highest BCUT2D eigenvalue weighted by Gasteiger charge is 2.25. The summed E-state index contributed by atoms with van der Waals surface area (Å²) in [7, 11) is 0.176. The van der Waals surface area contributed by atoms with E-state index >= 15 is 0 Å². The fourth-order valence-electron chi connectivity index (χ4n) is 1.75. The highest BCUT2D eigenvalue weighted by atomic mass is 32.2. The van der Waals surface area contributed by atoms with E-state index in [1.54, 1.807) is 14.1 Å². The maximum absolute atomic E-state index is 12.6. The Bertz CT molecular complexity index is 871. The van der Waals surface area contributed by atoms with Crippen LogP contribution in [0.25, 0.3) is 0 Å². The molecule has 0 atom stereocenters. The van der Waals surface area contributed by atoms with Crippen molar-refractivity contribution in [2.45, 2.75) is 4.90 Å². The maximum Gasteiger partial charge on any atom is 0.337 e. The van der Waals surface area contributed by atoms with Crippen LogP contribution in [0.3, 0.4) is 0 Å². The van der Waals surface area contributed by atoms with E-state index < -0.39 is 16.0 Å². The van der Waals surface area contributed by atoms with E-state index in [1.165, 1.54) is 36.3 Å². The number of methoxy groups -OCH3 is 1. The molecule has 0 aliphatic rings. The molecule has 140 valence electrons. The molecule has 2 N–H and O–H groups in total. The molecule has 0 radical (unpaired) electrons. The van der Waals surface area contributed by atoms with Gasteiger partial charge in [0.25, 0.3) is 10.0 Å². The first kappa shape index (κ1) is 21.0. The average Bonchev–Trinajstić information content (AvgIpc) is 2.59. The van der Waals surface area contributed by atoms with Crippen molar-refractivity contribution in [1.82, 2.24) is 4.90 Å². The minimum absolute atomic E-state index is 0.0520. The van der Waals surface area contributed by atoms with Gasteiger partial charge in [0.15, 0.2) is 5.75 Å². The lowest BCUT2D eigenvalue weighted by Gasteiger charge is -2.14. The summed E-state index contributed by atoms with van der Waals surface area (Å²) in [4.78, 5) is 12.9. The summed E-state index contributed by atoms with van der Waals surface area (Å²) in [5.41, 5.74) is 5.79. The van der Waals surface area contributed by atoms with Crippen molar-refractivity contribution in [2.75, 3.05) is 26.9 Å². The number of sulfonamides is 1. The molecule has 0 bridgehead atoms. The Morgan fingerprint density at radius 3 is 2.46 bits per heavy atom. The fourth-order valence-corrected chi connectivity index (χ4v) is 2.85. The molecule has 0 unspecified atom stereocenters. The molecule has 0 aromatic heterocycles. The van der Waals surface area contributed by atoms with E-state index in [2.05, 4.69) is 22.3 Å². The first-order valence-corrected chi connectivity index (χ1v) is 8.72. The van der Waals surface area contributed by atoms with Gasteiger partial charge in [0.05, 0.1) is 18.4 Å². The number of carbonyl (C=O) groups is 1. The van der Waals surface area contributed by atoms with Gasteiger partial charge in [0.2, 0.25) is 0 Å². The molecule has 0 aliphatic heterocycles. The average molecular weight is 379 g/mol. The first-order chi connectivity index (χ1) is 12.2. The Morgan fingerprint density at radius 2 is 1.96 bits per heavy atom. The largest absolute Gasteiger partial charge is 0.465 e. The number of esters is 1. The van der Waals surface area contributed by atoms with Crippen molar-refractivity contribution in [3.63, 3.8) is 0 Å². The number of allylic oxidation sites excluding steroid dienone is 3. The van der Waals surface area contributed by atoms with Crippen molar-refractivity contribution < 1.29 is 22.7 Å². The topological polar surface area (TPSA) is 111 Å². The summed E-state index contributed by atoms with van der Waals surface area (Å²) in [5, 5.41) is 0. The van der Waals surface area contributed by atoms with Crippen molar-refractivity contribution in [3.05, 3.63) is 54.8 Å². The zero-order chi connectivity index (χ0) is 19.9. The Labute approximate surface area is 153 Å². The van der Waals surface area contributed by atoms with E-state index in [9.17, 15) is 13.2 Å². The van der Waals surface area contributed by atoms with Gasteiger partial charge in [0, 0.05) is 14.1 Å². The maximum atomic E-state index is 12.6. The van der Waals surface area contributed by atoms with E-state index in [1.807, 2.05) is 0 Å². The smallest absolute Gasteiger partial charge is 0.337 e. The molecule has 1 aromatic rings. The summed E-state index contributed by atoms with van der Waals surface area (Å²) in [6, 6.07) is 2.35. The Balaban J connectivity index is 3.68. The number of nitrogens with zero attached hydrogens (tertiary/aromatic N) is 2. The van der Waals surface area contributed by atoms with Gasteiger partial charge >= 0.3 is 5.97 Å². The summed E-state index contributed by atoms with van der Waals surface area (Å²) in [6.45, 7) is 7.11. The molecule has 0 amide bonds. The van der Waals surface area contributed by atoms with Crippen LogP contribution in [-0.4, -0.2) is 46.8 Å². The second-order valence-corrected chi connectivity index (χ2v) is 6.76. The third-order valence-corrected chi connectivity index (χ3v) is 4.13. The van der Waals surface area contributed by atoms with Crippen LogP contribution >= 0.6 is 0 Å². The predicted molar refractivity (Wildman–Crippen MR) is 101 cm³/mol.